The molecular weight excluding hydrogens is 284 g/mol. The topological polar surface area (TPSA) is 73.9 Å². The number of urea groups is 1. The molecule has 2 fully saturated rings. The highest BCUT2D eigenvalue weighted by Gasteiger charge is 2.31. The maximum atomic E-state index is 11.8. The van der Waals surface area contributed by atoms with Crippen LogP contribution in [0.4, 0.5) is 4.79 Å². The van der Waals surface area contributed by atoms with E-state index in [1.807, 2.05) is 18.7 Å². The number of nitrogens with one attached hydrogen (secondary N) is 2. The largest absolute Gasteiger partial charge is 0.379 e. The molecule has 0 radical (unpaired) electrons. The fourth-order valence-electron chi connectivity index (χ4n) is 2.89. The van der Waals surface area contributed by atoms with E-state index in [1.165, 1.54) is 0 Å². The highest BCUT2D eigenvalue weighted by molar-refractivity contribution is 5.81. The molecule has 0 aromatic heterocycles. The standard InChI is InChI=1S/C15H28N4O3/c1-12(2)19-11-13(10-14(19)20)17-15(21)16-4-3-5-18-6-8-22-9-7-18/h12-13H,3-11H2,1-2H3,(H2,16,17,21). The Morgan fingerprint density at radius 1 is 1.36 bits per heavy atom. The third kappa shape index (κ3) is 5.14. The van der Waals surface area contributed by atoms with E-state index < -0.39 is 0 Å². The van der Waals surface area contributed by atoms with Crippen molar-refractivity contribution in [3.05, 3.63) is 0 Å². The van der Waals surface area contributed by atoms with Crippen molar-refractivity contribution in [1.82, 2.24) is 20.4 Å². The number of nitrogens with zero attached hydrogens (tertiary/aromatic N) is 2. The smallest absolute Gasteiger partial charge is 0.315 e. The normalized spacial score (nSPS) is 23.1. The van der Waals surface area contributed by atoms with Crippen LogP contribution < -0.4 is 10.6 Å². The third-order valence-corrected chi connectivity index (χ3v) is 4.16. The lowest BCUT2D eigenvalue weighted by Gasteiger charge is -2.26. The number of ether oxygens (including phenoxy) is 1. The van der Waals surface area contributed by atoms with E-state index in [-0.39, 0.29) is 24.0 Å². The van der Waals surface area contributed by atoms with E-state index in [1.54, 1.807) is 0 Å². The number of carbonyl (C=O) groups is 2. The first-order chi connectivity index (χ1) is 10.6. The average Bonchev–Trinajstić information content (AvgIpc) is 2.85. The van der Waals surface area contributed by atoms with Gasteiger partial charge < -0.3 is 20.3 Å². The molecule has 126 valence electrons. The van der Waals surface area contributed by atoms with Crippen LogP contribution >= 0.6 is 0 Å². The Morgan fingerprint density at radius 3 is 2.73 bits per heavy atom. The Hall–Kier alpha value is -1.34. The van der Waals surface area contributed by atoms with Gasteiger partial charge in [0.2, 0.25) is 5.91 Å². The van der Waals surface area contributed by atoms with Crippen molar-refractivity contribution in [2.45, 2.75) is 38.8 Å². The van der Waals surface area contributed by atoms with E-state index in [0.717, 1.165) is 39.3 Å². The molecule has 2 saturated heterocycles. The predicted molar refractivity (Wildman–Crippen MR) is 83.7 cm³/mol. The molecule has 0 spiro atoms. The summed E-state index contributed by atoms with van der Waals surface area (Å²) in [5.74, 6) is 0.118. The van der Waals surface area contributed by atoms with Crippen LogP contribution in [0.25, 0.3) is 0 Å². The second-order valence-electron chi connectivity index (χ2n) is 6.25. The summed E-state index contributed by atoms with van der Waals surface area (Å²) in [4.78, 5) is 27.8. The number of likely N-dealkylation sites (tertiary alicyclic amines) is 1. The van der Waals surface area contributed by atoms with Gasteiger partial charge in [0.15, 0.2) is 0 Å². The van der Waals surface area contributed by atoms with Gasteiger partial charge in [0, 0.05) is 38.6 Å². The zero-order valence-electron chi connectivity index (χ0n) is 13.6. The Labute approximate surface area is 132 Å². The van der Waals surface area contributed by atoms with E-state index in [9.17, 15) is 9.59 Å². The lowest BCUT2D eigenvalue weighted by molar-refractivity contribution is -0.129. The summed E-state index contributed by atoms with van der Waals surface area (Å²) >= 11 is 0. The first-order valence-corrected chi connectivity index (χ1v) is 8.20. The van der Waals surface area contributed by atoms with Gasteiger partial charge in [0.05, 0.1) is 19.3 Å². The van der Waals surface area contributed by atoms with E-state index in [2.05, 4.69) is 15.5 Å². The minimum Gasteiger partial charge on any atom is -0.379 e. The predicted octanol–water partition coefficient (Wildman–Crippen LogP) is 0.0172. The molecule has 0 aromatic carbocycles. The summed E-state index contributed by atoms with van der Waals surface area (Å²) in [6, 6.07) is -0.0598. The molecule has 7 nitrogen and oxygen atoms in total. The Balaban J connectivity index is 1.57. The molecule has 0 bridgehead atoms. The fourth-order valence-corrected chi connectivity index (χ4v) is 2.89. The molecule has 0 aromatic rings. The molecule has 1 unspecified atom stereocenters. The van der Waals surface area contributed by atoms with Gasteiger partial charge in [-0.25, -0.2) is 4.79 Å². The number of amides is 3. The second kappa shape index (κ2) is 8.33. The SMILES string of the molecule is CC(C)N1CC(NC(=O)NCCCN2CCOCC2)CC1=O. The number of hydrogen-bond donors (Lipinski definition) is 2. The fraction of sp³-hybridized carbons (Fsp3) is 0.867. The molecule has 3 amide bonds. The first kappa shape index (κ1) is 17.0. The first-order valence-electron chi connectivity index (χ1n) is 8.20. The Bertz CT molecular complexity index is 383. The van der Waals surface area contributed by atoms with Crippen LogP contribution in [0.1, 0.15) is 26.7 Å². The van der Waals surface area contributed by atoms with Gasteiger partial charge in [0.1, 0.15) is 0 Å². The molecule has 0 saturated carbocycles. The van der Waals surface area contributed by atoms with Gasteiger partial charge in [0.25, 0.3) is 0 Å². The van der Waals surface area contributed by atoms with Crippen molar-refractivity contribution < 1.29 is 14.3 Å². The Kier molecular flexibility index (Phi) is 6.45. The Morgan fingerprint density at radius 2 is 2.09 bits per heavy atom. The van der Waals surface area contributed by atoms with Gasteiger partial charge in [-0.05, 0) is 26.8 Å². The zero-order valence-corrected chi connectivity index (χ0v) is 13.6. The highest BCUT2D eigenvalue weighted by atomic mass is 16.5. The van der Waals surface area contributed by atoms with Crippen LogP contribution in [-0.2, 0) is 9.53 Å². The van der Waals surface area contributed by atoms with Crippen LogP contribution in [0.3, 0.4) is 0 Å². The second-order valence-corrected chi connectivity index (χ2v) is 6.25. The number of carbonyl (C=O) groups excluding carboxylic acids is 2. The quantitative estimate of drug-likeness (QED) is 0.678. The molecule has 2 aliphatic rings. The van der Waals surface area contributed by atoms with E-state index in [4.69, 9.17) is 4.74 Å². The molecule has 2 aliphatic heterocycles. The van der Waals surface area contributed by atoms with Crippen molar-refractivity contribution in [2.24, 2.45) is 0 Å². The highest BCUT2D eigenvalue weighted by Crippen LogP contribution is 2.13. The summed E-state index contributed by atoms with van der Waals surface area (Å²) in [6.07, 6.45) is 1.33. The molecule has 22 heavy (non-hydrogen) atoms. The minimum absolute atomic E-state index is 0.0749. The van der Waals surface area contributed by atoms with Gasteiger partial charge in [-0.1, -0.05) is 0 Å². The van der Waals surface area contributed by atoms with Crippen molar-refractivity contribution in [3.8, 4) is 0 Å². The van der Waals surface area contributed by atoms with Crippen LogP contribution in [0.5, 0.6) is 0 Å². The summed E-state index contributed by atoms with van der Waals surface area (Å²) in [5.41, 5.74) is 0. The van der Waals surface area contributed by atoms with Gasteiger partial charge in [-0.3, -0.25) is 9.69 Å². The maximum Gasteiger partial charge on any atom is 0.315 e. The molecule has 2 heterocycles. The van der Waals surface area contributed by atoms with Crippen LogP contribution in [-0.4, -0.2) is 79.8 Å². The third-order valence-electron chi connectivity index (χ3n) is 4.16. The maximum absolute atomic E-state index is 11.8. The number of hydrogen-bond acceptors (Lipinski definition) is 4. The number of rotatable bonds is 6. The van der Waals surface area contributed by atoms with E-state index >= 15 is 0 Å². The number of morpholine rings is 1. The molecule has 2 rings (SSSR count). The van der Waals surface area contributed by atoms with Crippen LogP contribution in [0.2, 0.25) is 0 Å². The minimum atomic E-state index is -0.176. The molecule has 7 heteroatoms. The van der Waals surface area contributed by atoms with Gasteiger partial charge in [-0.15, -0.1) is 0 Å². The lowest BCUT2D eigenvalue weighted by atomic mass is 10.2. The zero-order chi connectivity index (χ0) is 15.9. The summed E-state index contributed by atoms with van der Waals surface area (Å²) in [6.45, 7) is 9.77. The van der Waals surface area contributed by atoms with Gasteiger partial charge >= 0.3 is 6.03 Å². The average molecular weight is 312 g/mol. The summed E-state index contributed by atoms with van der Waals surface area (Å²) in [5, 5.41) is 5.76. The van der Waals surface area contributed by atoms with Crippen molar-refractivity contribution >= 4 is 11.9 Å². The van der Waals surface area contributed by atoms with Crippen molar-refractivity contribution in [3.63, 3.8) is 0 Å². The molecule has 0 aliphatic carbocycles. The molecule has 1 atom stereocenters. The monoisotopic (exact) mass is 312 g/mol. The summed E-state index contributed by atoms with van der Waals surface area (Å²) in [7, 11) is 0. The summed E-state index contributed by atoms with van der Waals surface area (Å²) < 4.78 is 5.30. The lowest BCUT2D eigenvalue weighted by Crippen LogP contribution is -2.44. The van der Waals surface area contributed by atoms with E-state index in [0.29, 0.717) is 19.5 Å². The van der Waals surface area contributed by atoms with Crippen LogP contribution in [0, 0.1) is 0 Å². The van der Waals surface area contributed by atoms with Gasteiger partial charge in [-0.2, -0.15) is 0 Å². The van der Waals surface area contributed by atoms with Crippen molar-refractivity contribution in [1.29, 1.82) is 0 Å². The molecule has 2 N–H and O–H groups in total. The van der Waals surface area contributed by atoms with Crippen LogP contribution in [0.15, 0.2) is 0 Å². The van der Waals surface area contributed by atoms with Crippen molar-refractivity contribution in [2.75, 3.05) is 45.9 Å². The molecular formula is C15H28N4O3.